The van der Waals surface area contributed by atoms with Gasteiger partial charge in [0.15, 0.2) is 17.3 Å². The second-order valence-corrected chi connectivity index (χ2v) is 10.9. The highest BCUT2D eigenvalue weighted by atomic mass is 79.9. The van der Waals surface area contributed by atoms with Crippen molar-refractivity contribution >= 4 is 49.3 Å². The minimum absolute atomic E-state index is 0.114. The van der Waals surface area contributed by atoms with E-state index in [0.29, 0.717) is 51.6 Å². The van der Waals surface area contributed by atoms with Crippen LogP contribution in [-0.4, -0.2) is 25.0 Å². The number of hydrogen-bond acceptors (Lipinski definition) is 6. The van der Waals surface area contributed by atoms with Crippen LogP contribution in [0.25, 0.3) is 5.70 Å². The van der Waals surface area contributed by atoms with Crippen LogP contribution in [0.1, 0.15) is 53.7 Å². The van der Waals surface area contributed by atoms with Crippen molar-refractivity contribution in [1.82, 2.24) is 5.32 Å². The van der Waals surface area contributed by atoms with Gasteiger partial charge in [0.2, 0.25) is 0 Å². The zero-order chi connectivity index (χ0) is 27.7. The molecular formula is C31H27Br2NO5. The Morgan fingerprint density at radius 2 is 1.67 bits per heavy atom. The van der Waals surface area contributed by atoms with E-state index in [0.717, 1.165) is 26.9 Å². The molecule has 8 heteroatoms. The maximum Gasteiger partial charge on any atom is 0.336 e. The van der Waals surface area contributed by atoms with Gasteiger partial charge in [0.05, 0.1) is 29.0 Å². The SMILES string of the molecule is CCOC(=O)C1=C(C)NC2=C(C(=O)c3ccccc32)[C@@H]1c1cc(Br)c(OCc2ccc(Br)cc2)c(OCC)c1. The largest absolute Gasteiger partial charge is 0.490 e. The van der Waals surface area contributed by atoms with E-state index in [4.69, 9.17) is 14.2 Å². The predicted octanol–water partition coefficient (Wildman–Crippen LogP) is 7.32. The fourth-order valence-electron chi connectivity index (χ4n) is 5.04. The van der Waals surface area contributed by atoms with E-state index >= 15 is 0 Å². The molecule has 0 unspecified atom stereocenters. The molecule has 0 amide bonds. The van der Waals surface area contributed by atoms with Gasteiger partial charge in [-0.05, 0) is 72.1 Å². The van der Waals surface area contributed by atoms with E-state index in [9.17, 15) is 9.59 Å². The first kappa shape index (κ1) is 27.2. The van der Waals surface area contributed by atoms with Gasteiger partial charge in [0.25, 0.3) is 0 Å². The molecule has 0 aromatic heterocycles. The van der Waals surface area contributed by atoms with Gasteiger partial charge < -0.3 is 19.5 Å². The van der Waals surface area contributed by atoms with Crippen LogP contribution >= 0.6 is 31.9 Å². The predicted molar refractivity (Wildman–Crippen MR) is 157 cm³/mol. The number of hydrogen-bond donors (Lipinski definition) is 1. The van der Waals surface area contributed by atoms with Crippen molar-refractivity contribution in [3.63, 3.8) is 0 Å². The number of benzene rings is 3. The van der Waals surface area contributed by atoms with Gasteiger partial charge in [-0.15, -0.1) is 0 Å². The Morgan fingerprint density at radius 3 is 2.36 bits per heavy atom. The first-order valence-corrected chi connectivity index (χ1v) is 14.3. The Kier molecular flexibility index (Phi) is 7.96. The third kappa shape index (κ3) is 5.15. The van der Waals surface area contributed by atoms with Gasteiger partial charge in [-0.3, -0.25) is 4.79 Å². The van der Waals surface area contributed by atoms with Crippen molar-refractivity contribution in [3.05, 3.63) is 109 Å². The van der Waals surface area contributed by atoms with Crippen LogP contribution in [0.15, 0.2) is 86.5 Å². The number of ketones is 1. The first-order chi connectivity index (χ1) is 18.8. The van der Waals surface area contributed by atoms with Crippen LogP contribution < -0.4 is 14.8 Å². The fraction of sp³-hybridized carbons (Fsp3) is 0.226. The third-order valence-electron chi connectivity index (χ3n) is 6.71. The molecule has 39 heavy (non-hydrogen) atoms. The summed E-state index contributed by atoms with van der Waals surface area (Å²) in [6.45, 7) is 6.47. The van der Waals surface area contributed by atoms with Gasteiger partial charge >= 0.3 is 5.97 Å². The van der Waals surface area contributed by atoms with Gasteiger partial charge in [-0.25, -0.2) is 4.79 Å². The van der Waals surface area contributed by atoms with E-state index in [-0.39, 0.29) is 12.4 Å². The first-order valence-electron chi connectivity index (χ1n) is 12.7. The van der Waals surface area contributed by atoms with Crippen molar-refractivity contribution in [2.75, 3.05) is 13.2 Å². The monoisotopic (exact) mass is 651 g/mol. The number of fused-ring (bicyclic) bond motifs is 2. The minimum atomic E-state index is -0.656. The summed E-state index contributed by atoms with van der Waals surface area (Å²) in [5.74, 6) is -0.171. The highest BCUT2D eigenvalue weighted by Crippen LogP contribution is 2.49. The molecule has 2 aliphatic rings. The van der Waals surface area contributed by atoms with Crippen LogP contribution in [0.3, 0.4) is 0 Å². The van der Waals surface area contributed by atoms with Crippen molar-refractivity contribution in [2.45, 2.75) is 33.3 Å². The number of allylic oxidation sites excluding steroid dienone is 2. The molecule has 1 atom stereocenters. The topological polar surface area (TPSA) is 73.9 Å². The van der Waals surface area contributed by atoms with E-state index < -0.39 is 11.9 Å². The van der Waals surface area contributed by atoms with E-state index in [1.165, 1.54) is 0 Å². The summed E-state index contributed by atoms with van der Waals surface area (Å²) in [5.41, 5.74) is 5.43. The summed E-state index contributed by atoms with van der Waals surface area (Å²) < 4.78 is 19.3. The highest BCUT2D eigenvalue weighted by molar-refractivity contribution is 9.10. The van der Waals surface area contributed by atoms with Gasteiger partial charge in [0.1, 0.15) is 6.61 Å². The lowest BCUT2D eigenvalue weighted by molar-refractivity contribution is -0.138. The lowest BCUT2D eigenvalue weighted by Crippen LogP contribution is -2.29. The Hall–Kier alpha value is -3.36. The zero-order valence-corrected chi connectivity index (χ0v) is 24.9. The number of halogens is 2. The second kappa shape index (κ2) is 11.4. The molecule has 0 spiro atoms. The lowest BCUT2D eigenvalue weighted by atomic mass is 9.79. The van der Waals surface area contributed by atoms with Gasteiger partial charge in [0, 0.05) is 32.8 Å². The summed E-state index contributed by atoms with van der Waals surface area (Å²) >= 11 is 7.13. The number of carbonyl (C=O) groups excluding carboxylic acids is 2. The Bertz CT molecular complexity index is 1520. The van der Waals surface area contributed by atoms with Crippen LogP contribution in [0.5, 0.6) is 11.5 Å². The summed E-state index contributed by atoms with van der Waals surface area (Å²) in [7, 11) is 0. The molecule has 0 bridgehead atoms. The maximum atomic E-state index is 13.7. The molecule has 5 rings (SSSR count). The number of esters is 1. The molecule has 0 radical (unpaired) electrons. The lowest BCUT2D eigenvalue weighted by Gasteiger charge is -2.30. The fourth-order valence-corrected chi connectivity index (χ4v) is 5.87. The molecule has 1 aliphatic heterocycles. The molecule has 0 saturated carbocycles. The Morgan fingerprint density at radius 1 is 0.949 bits per heavy atom. The molecular weight excluding hydrogens is 626 g/mol. The molecule has 0 saturated heterocycles. The maximum absolute atomic E-state index is 13.7. The van der Waals surface area contributed by atoms with Crippen molar-refractivity contribution in [3.8, 4) is 11.5 Å². The average Bonchev–Trinajstić information content (AvgIpc) is 3.20. The standard InChI is InChI=1S/C31H27Br2NO5/c1-4-37-24-15-19(14-23(33)30(24)39-16-18-10-12-20(32)13-11-18)26-25(31(36)38-5-2)17(3)34-28-21-8-6-7-9-22(21)29(35)27(26)28/h6-15,26,34H,4-5,16H2,1-3H3/t26-/m1/s1. The number of nitrogens with one attached hydrogen (secondary N) is 1. The van der Waals surface area contributed by atoms with Gasteiger partial charge in [-0.2, -0.15) is 0 Å². The molecule has 1 heterocycles. The molecule has 1 aliphatic carbocycles. The molecule has 0 fully saturated rings. The molecule has 3 aromatic rings. The second-order valence-electron chi connectivity index (χ2n) is 9.16. The van der Waals surface area contributed by atoms with E-state index in [1.54, 1.807) is 6.92 Å². The Balaban J connectivity index is 1.61. The number of ether oxygens (including phenoxy) is 3. The summed E-state index contributed by atoms with van der Waals surface area (Å²) in [6, 6.07) is 19.1. The number of dihydropyridines is 1. The summed E-state index contributed by atoms with van der Waals surface area (Å²) in [5, 5.41) is 3.33. The highest BCUT2D eigenvalue weighted by Gasteiger charge is 2.43. The van der Waals surface area contributed by atoms with Crippen LogP contribution in [0.2, 0.25) is 0 Å². The quantitative estimate of drug-likeness (QED) is 0.257. The Labute approximate surface area is 244 Å². The van der Waals surface area contributed by atoms with Gasteiger partial charge in [-0.1, -0.05) is 52.3 Å². The van der Waals surface area contributed by atoms with Crippen LogP contribution in [0, 0.1) is 0 Å². The molecule has 3 aromatic carbocycles. The number of carbonyl (C=O) groups is 2. The third-order valence-corrected chi connectivity index (χ3v) is 7.82. The molecule has 200 valence electrons. The van der Waals surface area contributed by atoms with Crippen molar-refractivity contribution < 1.29 is 23.8 Å². The zero-order valence-electron chi connectivity index (χ0n) is 21.8. The van der Waals surface area contributed by atoms with Crippen LogP contribution in [0.4, 0.5) is 0 Å². The smallest absolute Gasteiger partial charge is 0.336 e. The van der Waals surface area contributed by atoms with E-state index in [1.807, 2.05) is 74.5 Å². The van der Waals surface area contributed by atoms with Crippen LogP contribution in [-0.2, 0) is 16.1 Å². The van der Waals surface area contributed by atoms with E-state index in [2.05, 4.69) is 37.2 Å². The molecule has 1 N–H and O–H groups in total. The van der Waals surface area contributed by atoms with Crippen molar-refractivity contribution in [2.24, 2.45) is 0 Å². The molecule has 6 nitrogen and oxygen atoms in total. The summed E-state index contributed by atoms with van der Waals surface area (Å²) in [6.07, 6.45) is 0. The number of Topliss-reactive ketones (excluding diaryl/α,β-unsaturated/α-hetero) is 1. The summed E-state index contributed by atoms with van der Waals surface area (Å²) in [4.78, 5) is 27.0. The normalized spacial score (nSPS) is 16.0. The number of rotatable bonds is 8. The minimum Gasteiger partial charge on any atom is -0.490 e. The average molecular weight is 653 g/mol. The van der Waals surface area contributed by atoms with Crippen molar-refractivity contribution in [1.29, 1.82) is 0 Å².